The standard InChI is InChI=1S/C5H14O8P2/c1-3-5(13-15(9,10)11)4(2)12-14(6,7)8/h4-5H,3H2,1-2H3,(H2,6,7,8)(H2,9,10,11). The zero-order valence-electron chi connectivity index (χ0n) is 8.18. The molecule has 8 nitrogen and oxygen atoms in total. The summed E-state index contributed by atoms with van der Waals surface area (Å²) in [6, 6.07) is 0. The second-order valence-corrected chi connectivity index (χ2v) is 5.23. The Morgan fingerprint density at radius 3 is 1.73 bits per heavy atom. The minimum Gasteiger partial charge on any atom is -0.303 e. The molecule has 2 unspecified atom stereocenters. The molecule has 4 N–H and O–H groups in total. The van der Waals surface area contributed by atoms with E-state index in [-0.39, 0.29) is 6.42 Å². The van der Waals surface area contributed by atoms with Gasteiger partial charge in [-0.2, -0.15) is 0 Å². The van der Waals surface area contributed by atoms with E-state index in [1.54, 1.807) is 6.92 Å². The van der Waals surface area contributed by atoms with Crippen molar-refractivity contribution in [1.29, 1.82) is 0 Å². The molecule has 0 bridgehead atoms. The molecule has 0 aromatic heterocycles. The van der Waals surface area contributed by atoms with Crippen molar-refractivity contribution >= 4 is 15.6 Å². The van der Waals surface area contributed by atoms with Crippen molar-refractivity contribution in [3.05, 3.63) is 0 Å². The highest BCUT2D eigenvalue weighted by molar-refractivity contribution is 7.46. The first kappa shape index (κ1) is 15.2. The molecular formula is C5H14O8P2. The molecule has 0 amide bonds. The van der Waals surface area contributed by atoms with Gasteiger partial charge in [0.05, 0.1) is 12.2 Å². The van der Waals surface area contributed by atoms with Crippen molar-refractivity contribution in [3.8, 4) is 0 Å². The van der Waals surface area contributed by atoms with Gasteiger partial charge in [-0.3, -0.25) is 9.05 Å². The Labute approximate surface area is 86.7 Å². The summed E-state index contributed by atoms with van der Waals surface area (Å²) in [6.45, 7) is 2.79. The molecule has 0 radical (unpaired) electrons. The Bertz CT molecular complexity index is 279. The SMILES string of the molecule is CCC(OP(=O)(O)O)C(C)OP(=O)(O)O. The van der Waals surface area contributed by atoms with E-state index in [9.17, 15) is 9.13 Å². The van der Waals surface area contributed by atoms with Gasteiger partial charge < -0.3 is 19.6 Å². The number of hydrogen-bond acceptors (Lipinski definition) is 4. The van der Waals surface area contributed by atoms with E-state index in [0.29, 0.717) is 0 Å². The summed E-state index contributed by atoms with van der Waals surface area (Å²) in [6.07, 6.45) is -2.06. The lowest BCUT2D eigenvalue weighted by Crippen LogP contribution is -2.26. The minimum absolute atomic E-state index is 0.145. The van der Waals surface area contributed by atoms with Crippen molar-refractivity contribution < 1.29 is 37.8 Å². The number of phosphoric ester groups is 2. The van der Waals surface area contributed by atoms with Gasteiger partial charge in [0.25, 0.3) is 0 Å². The lowest BCUT2D eigenvalue weighted by molar-refractivity contribution is 0.0225. The number of rotatable bonds is 6. The first-order valence-corrected chi connectivity index (χ1v) is 7.09. The fourth-order valence-corrected chi connectivity index (χ4v) is 2.20. The maximum atomic E-state index is 10.5. The highest BCUT2D eigenvalue weighted by atomic mass is 31.2. The molecule has 0 heterocycles. The van der Waals surface area contributed by atoms with Crippen LogP contribution in [-0.2, 0) is 18.2 Å². The van der Waals surface area contributed by atoms with E-state index in [0.717, 1.165) is 0 Å². The predicted octanol–water partition coefficient (Wildman–Crippen LogP) is 0.372. The van der Waals surface area contributed by atoms with Crippen LogP contribution in [0.25, 0.3) is 0 Å². The number of hydrogen-bond donors (Lipinski definition) is 4. The van der Waals surface area contributed by atoms with Gasteiger partial charge >= 0.3 is 15.6 Å². The molecular weight excluding hydrogens is 250 g/mol. The third-order valence-corrected chi connectivity index (χ3v) is 2.65. The molecule has 0 aliphatic heterocycles. The largest absolute Gasteiger partial charge is 0.469 e. The Balaban J connectivity index is 4.42. The van der Waals surface area contributed by atoms with Crippen LogP contribution in [0.3, 0.4) is 0 Å². The minimum atomic E-state index is -4.69. The first-order valence-electron chi connectivity index (χ1n) is 4.03. The Kier molecular flexibility index (Phi) is 5.60. The van der Waals surface area contributed by atoms with Crippen molar-refractivity contribution in [2.45, 2.75) is 32.5 Å². The smallest absolute Gasteiger partial charge is 0.303 e. The van der Waals surface area contributed by atoms with Gasteiger partial charge in [-0.15, -0.1) is 0 Å². The second-order valence-electron chi connectivity index (χ2n) is 2.84. The van der Waals surface area contributed by atoms with Gasteiger partial charge in [-0.05, 0) is 13.3 Å². The lowest BCUT2D eigenvalue weighted by atomic mass is 10.2. The monoisotopic (exact) mass is 264 g/mol. The van der Waals surface area contributed by atoms with E-state index in [4.69, 9.17) is 19.6 Å². The topological polar surface area (TPSA) is 134 Å². The first-order chi connectivity index (χ1) is 6.55. The summed E-state index contributed by atoms with van der Waals surface area (Å²) >= 11 is 0. The molecule has 0 fully saturated rings. The van der Waals surface area contributed by atoms with E-state index in [1.807, 2.05) is 0 Å². The summed E-state index contributed by atoms with van der Waals surface area (Å²) in [5.41, 5.74) is 0. The van der Waals surface area contributed by atoms with Gasteiger partial charge in [-0.25, -0.2) is 9.13 Å². The quantitative estimate of drug-likeness (QED) is 0.505. The van der Waals surface area contributed by atoms with Gasteiger partial charge in [0.15, 0.2) is 0 Å². The molecule has 0 aromatic rings. The van der Waals surface area contributed by atoms with Crippen LogP contribution in [0, 0.1) is 0 Å². The average molecular weight is 264 g/mol. The van der Waals surface area contributed by atoms with Crippen molar-refractivity contribution in [1.82, 2.24) is 0 Å². The second kappa shape index (κ2) is 5.52. The Morgan fingerprint density at radius 1 is 1.07 bits per heavy atom. The molecule has 10 heteroatoms. The lowest BCUT2D eigenvalue weighted by Gasteiger charge is -2.23. The van der Waals surface area contributed by atoms with Crippen LogP contribution >= 0.6 is 15.6 Å². The maximum absolute atomic E-state index is 10.5. The van der Waals surface area contributed by atoms with Crippen molar-refractivity contribution in [3.63, 3.8) is 0 Å². The molecule has 0 aliphatic carbocycles. The molecule has 15 heavy (non-hydrogen) atoms. The van der Waals surface area contributed by atoms with Crippen molar-refractivity contribution in [2.75, 3.05) is 0 Å². The van der Waals surface area contributed by atoms with Crippen LogP contribution in [0.2, 0.25) is 0 Å². The van der Waals surface area contributed by atoms with Crippen LogP contribution in [0.1, 0.15) is 20.3 Å². The van der Waals surface area contributed by atoms with E-state index in [2.05, 4.69) is 9.05 Å². The fraction of sp³-hybridized carbons (Fsp3) is 1.00. The van der Waals surface area contributed by atoms with Crippen LogP contribution in [0.5, 0.6) is 0 Å². The average Bonchev–Trinajstić information content (AvgIpc) is 1.94. The normalized spacial score (nSPS) is 17.5. The Hall–Kier alpha value is 0.220. The highest BCUT2D eigenvalue weighted by Gasteiger charge is 2.30. The van der Waals surface area contributed by atoms with E-state index < -0.39 is 27.9 Å². The summed E-state index contributed by atoms with van der Waals surface area (Å²) in [4.78, 5) is 34.0. The van der Waals surface area contributed by atoms with Gasteiger partial charge in [0.1, 0.15) is 0 Å². The predicted molar refractivity (Wildman–Crippen MR) is 49.8 cm³/mol. The molecule has 0 aromatic carbocycles. The van der Waals surface area contributed by atoms with Crippen LogP contribution < -0.4 is 0 Å². The maximum Gasteiger partial charge on any atom is 0.469 e. The summed E-state index contributed by atoms with van der Waals surface area (Å²) in [7, 11) is -9.38. The molecule has 0 rings (SSSR count). The van der Waals surface area contributed by atoms with Gasteiger partial charge in [0.2, 0.25) is 0 Å². The third kappa shape index (κ3) is 8.07. The zero-order valence-corrected chi connectivity index (χ0v) is 9.97. The fourth-order valence-electron chi connectivity index (χ4n) is 0.953. The molecule has 0 aliphatic rings. The van der Waals surface area contributed by atoms with E-state index in [1.165, 1.54) is 6.92 Å². The van der Waals surface area contributed by atoms with Gasteiger partial charge in [-0.1, -0.05) is 6.92 Å². The molecule has 92 valence electrons. The molecule has 0 saturated heterocycles. The van der Waals surface area contributed by atoms with Gasteiger partial charge in [0, 0.05) is 0 Å². The molecule has 2 atom stereocenters. The highest BCUT2D eigenvalue weighted by Crippen LogP contribution is 2.43. The molecule has 0 spiro atoms. The third-order valence-electron chi connectivity index (χ3n) is 1.50. The Morgan fingerprint density at radius 2 is 1.47 bits per heavy atom. The number of phosphoric acid groups is 2. The van der Waals surface area contributed by atoms with Crippen LogP contribution in [-0.4, -0.2) is 31.8 Å². The summed E-state index contributed by atoms with van der Waals surface area (Å²) < 4.78 is 29.5. The molecule has 0 saturated carbocycles. The van der Waals surface area contributed by atoms with Crippen LogP contribution in [0.4, 0.5) is 0 Å². The zero-order chi connectivity index (χ0) is 12.3. The summed E-state index contributed by atoms with van der Waals surface area (Å²) in [5.74, 6) is 0. The summed E-state index contributed by atoms with van der Waals surface area (Å²) in [5, 5.41) is 0. The van der Waals surface area contributed by atoms with E-state index >= 15 is 0 Å². The van der Waals surface area contributed by atoms with Crippen molar-refractivity contribution in [2.24, 2.45) is 0 Å². The van der Waals surface area contributed by atoms with Crippen LogP contribution in [0.15, 0.2) is 0 Å².